The van der Waals surface area contributed by atoms with Crippen LogP contribution in [0.5, 0.6) is 17.2 Å². The van der Waals surface area contributed by atoms with Crippen LogP contribution < -0.4 is 4.74 Å². The van der Waals surface area contributed by atoms with Crippen LogP contribution in [0.15, 0.2) is 51.8 Å². The largest absolute Gasteiger partial charge is 0.504 e. The van der Waals surface area contributed by atoms with Crippen LogP contribution in [-0.2, 0) is 16.4 Å². The molecule has 0 fully saturated rings. The minimum atomic E-state index is -3.26. The molecule has 1 aromatic heterocycles. The van der Waals surface area contributed by atoms with Gasteiger partial charge in [-0.1, -0.05) is 6.07 Å². The molecule has 0 saturated carbocycles. The van der Waals surface area contributed by atoms with E-state index in [1.54, 1.807) is 25.1 Å². The minimum absolute atomic E-state index is 0.0424. The van der Waals surface area contributed by atoms with Crippen LogP contribution in [0.1, 0.15) is 11.6 Å². The van der Waals surface area contributed by atoms with Crippen LogP contribution in [0, 0.1) is 6.92 Å². The Morgan fingerprint density at radius 2 is 1.81 bits per heavy atom. The number of phenolic OH excluding ortho intramolecular Hbond substituents is 2. The van der Waals surface area contributed by atoms with Gasteiger partial charge in [0.15, 0.2) is 33.7 Å². The van der Waals surface area contributed by atoms with Gasteiger partial charge in [0.1, 0.15) is 0 Å². The number of aryl methyl sites for hydroxylation is 1. The molecule has 8 heteroatoms. The lowest BCUT2D eigenvalue weighted by atomic mass is 10.1. The smallest absolute Gasteiger partial charge is 0.233 e. The van der Waals surface area contributed by atoms with Gasteiger partial charge in [-0.3, -0.25) is 0 Å². The van der Waals surface area contributed by atoms with Gasteiger partial charge < -0.3 is 19.4 Å². The zero-order chi connectivity index (χ0) is 18.9. The van der Waals surface area contributed by atoms with Crippen LogP contribution in [0.3, 0.4) is 0 Å². The second kappa shape index (κ2) is 6.72. The van der Waals surface area contributed by atoms with Gasteiger partial charge in [0.25, 0.3) is 0 Å². The highest BCUT2D eigenvalue weighted by atomic mass is 32.2. The van der Waals surface area contributed by atoms with Gasteiger partial charge in [-0.05, 0) is 43.3 Å². The molecule has 136 valence electrons. The summed E-state index contributed by atoms with van der Waals surface area (Å²) in [4.78, 5) is 4.49. The summed E-state index contributed by atoms with van der Waals surface area (Å²) in [6.45, 7) is 1.72. The molecular formula is C18H17NO6S. The first kappa shape index (κ1) is 17.8. The van der Waals surface area contributed by atoms with Crippen molar-refractivity contribution in [2.24, 2.45) is 0 Å². The molecule has 0 bridgehead atoms. The molecule has 0 spiro atoms. The predicted molar refractivity (Wildman–Crippen MR) is 93.9 cm³/mol. The number of aromatic hydroxyl groups is 2. The summed E-state index contributed by atoms with van der Waals surface area (Å²) in [5.74, 6) is 0.265. The molecule has 0 unspecified atom stereocenters. The van der Waals surface area contributed by atoms with Crippen LogP contribution >= 0.6 is 0 Å². The molecule has 0 aliphatic heterocycles. The Kier molecular flexibility index (Phi) is 4.60. The summed E-state index contributed by atoms with van der Waals surface area (Å²) < 4.78 is 34.2. The minimum Gasteiger partial charge on any atom is -0.504 e. The maximum Gasteiger partial charge on any atom is 0.233 e. The van der Waals surface area contributed by atoms with Gasteiger partial charge in [-0.15, -0.1) is 0 Å². The van der Waals surface area contributed by atoms with E-state index in [1.807, 2.05) is 0 Å². The van der Waals surface area contributed by atoms with E-state index >= 15 is 0 Å². The normalized spacial score (nSPS) is 11.5. The van der Waals surface area contributed by atoms with Crippen LogP contribution in [0.4, 0.5) is 0 Å². The van der Waals surface area contributed by atoms with E-state index in [-0.39, 0.29) is 34.6 Å². The number of hydrogen-bond acceptors (Lipinski definition) is 7. The molecule has 0 aliphatic carbocycles. The lowest BCUT2D eigenvalue weighted by Gasteiger charge is -2.06. The van der Waals surface area contributed by atoms with Gasteiger partial charge in [0, 0.05) is 11.8 Å². The molecular weight excluding hydrogens is 358 g/mol. The Labute approximate surface area is 150 Å². The first-order chi connectivity index (χ1) is 12.3. The van der Waals surface area contributed by atoms with E-state index in [0.717, 1.165) is 6.26 Å². The van der Waals surface area contributed by atoms with E-state index in [9.17, 15) is 18.6 Å². The number of rotatable bonds is 5. The molecule has 0 atom stereocenters. The van der Waals surface area contributed by atoms with Crippen molar-refractivity contribution in [3.63, 3.8) is 0 Å². The van der Waals surface area contributed by atoms with E-state index in [2.05, 4.69) is 4.98 Å². The molecule has 0 radical (unpaired) electrons. The van der Waals surface area contributed by atoms with E-state index in [4.69, 9.17) is 9.15 Å². The van der Waals surface area contributed by atoms with Crippen molar-refractivity contribution >= 4 is 9.84 Å². The third-order valence-electron chi connectivity index (χ3n) is 3.71. The zero-order valence-electron chi connectivity index (χ0n) is 14.1. The fourth-order valence-corrected chi connectivity index (χ4v) is 3.03. The summed E-state index contributed by atoms with van der Waals surface area (Å²) in [5, 5.41) is 19.2. The second-order valence-electron chi connectivity index (χ2n) is 5.73. The van der Waals surface area contributed by atoms with Crippen LogP contribution in [0.2, 0.25) is 0 Å². The molecule has 2 aromatic carbocycles. The lowest BCUT2D eigenvalue weighted by Crippen LogP contribution is -1.96. The summed E-state index contributed by atoms with van der Waals surface area (Å²) in [7, 11) is -3.26. The Morgan fingerprint density at radius 3 is 2.46 bits per heavy atom. The van der Waals surface area contributed by atoms with Gasteiger partial charge in [-0.25, -0.2) is 13.4 Å². The molecule has 3 aromatic rings. The van der Waals surface area contributed by atoms with Gasteiger partial charge in [-0.2, -0.15) is 0 Å². The van der Waals surface area contributed by atoms with Crippen molar-refractivity contribution < 1.29 is 27.8 Å². The molecule has 3 rings (SSSR count). The van der Waals surface area contributed by atoms with Gasteiger partial charge in [0.2, 0.25) is 11.6 Å². The van der Waals surface area contributed by atoms with Crippen molar-refractivity contribution in [1.29, 1.82) is 0 Å². The molecule has 2 N–H and O–H groups in total. The lowest BCUT2D eigenvalue weighted by molar-refractivity contribution is 0.250. The number of ether oxygens (including phenoxy) is 1. The number of aromatic nitrogens is 1. The highest BCUT2D eigenvalue weighted by Gasteiger charge is 2.15. The van der Waals surface area contributed by atoms with Gasteiger partial charge in [0.05, 0.1) is 10.6 Å². The molecule has 26 heavy (non-hydrogen) atoms. The predicted octanol–water partition coefficient (Wildman–Crippen LogP) is 3.04. The maximum absolute atomic E-state index is 11.5. The molecule has 7 nitrogen and oxygen atoms in total. The Hall–Kier alpha value is -3.00. The quantitative estimate of drug-likeness (QED) is 0.660. The van der Waals surface area contributed by atoms with Crippen LogP contribution in [-0.4, -0.2) is 29.9 Å². The highest BCUT2D eigenvalue weighted by molar-refractivity contribution is 7.90. The SMILES string of the molecule is Cc1nc(COc2cccc(O)c2O)oc1-c1ccc(S(C)(=O)=O)cc1. The number of benzene rings is 2. The average molecular weight is 375 g/mol. The van der Waals surface area contributed by atoms with E-state index < -0.39 is 9.84 Å². The number of phenols is 2. The number of hydrogen-bond donors (Lipinski definition) is 2. The van der Waals surface area contributed by atoms with Crippen molar-refractivity contribution in [3.05, 3.63) is 54.0 Å². The highest BCUT2D eigenvalue weighted by Crippen LogP contribution is 2.35. The Balaban J connectivity index is 1.80. The molecule has 0 aliphatic rings. The average Bonchev–Trinajstić information content (AvgIpc) is 2.96. The Morgan fingerprint density at radius 1 is 1.12 bits per heavy atom. The monoisotopic (exact) mass is 375 g/mol. The molecule has 1 heterocycles. The number of sulfone groups is 1. The third-order valence-corrected chi connectivity index (χ3v) is 4.84. The number of nitrogens with zero attached hydrogens (tertiary/aromatic N) is 1. The fourth-order valence-electron chi connectivity index (χ4n) is 2.40. The van der Waals surface area contributed by atoms with Crippen molar-refractivity contribution in [3.8, 4) is 28.6 Å². The summed E-state index contributed by atoms with van der Waals surface area (Å²) in [6, 6.07) is 10.7. The van der Waals surface area contributed by atoms with Crippen molar-refractivity contribution in [1.82, 2.24) is 4.98 Å². The van der Waals surface area contributed by atoms with Crippen molar-refractivity contribution in [2.45, 2.75) is 18.4 Å². The second-order valence-corrected chi connectivity index (χ2v) is 7.75. The van der Waals surface area contributed by atoms with E-state index in [1.165, 1.54) is 24.3 Å². The first-order valence-corrected chi connectivity index (χ1v) is 9.55. The fraction of sp³-hybridized carbons (Fsp3) is 0.167. The molecule has 0 amide bonds. The third kappa shape index (κ3) is 3.65. The van der Waals surface area contributed by atoms with Gasteiger partial charge >= 0.3 is 0 Å². The topological polar surface area (TPSA) is 110 Å². The summed E-state index contributed by atoms with van der Waals surface area (Å²) >= 11 is 0. The van der Waals surface area contributed by atoms with Crippen molar-refractivity contribution in [2.75, 3.05) is 6.26 Å². The molecule has 0 saturated heterocycles. The number of oxazole rings is 1. The summed E-state index contributed by atoms with van der Waals surface area (Å²) in [6.07, 6.45) is 1.15. The van der Waals surface area contributed by atoms with E-state index in [0.29, 0.717) is 17.0 Å². The van der Waals surface area contributed by atoms with Crippen LogP contribution in [0.25, 0.3) is 11.3 Å². The maximum atomic E-state index is 11.5. The Bertz CT molecular complexity index is 1040. The first-order valence-electron chi connectivity index (χ1n) is 7.66. The summed E-state index contributed by atoms with van der Waals surface area (Å²) in [5.41, 5.74) is 1.31. The zero-order valence-corrected chi connectivity index (χ0v) is 14.9. The standard InChI is InChI=1S/C18H17NO6S/c1-11-18(12-6-8-13(9-7-12)26(2,22)23)25-16(19-11)10-24-15-5-3-4-14(20)17(15)21/h3-9,20-21H,10H2,1-2H3. The number of para-hydroxylation sites is 1.